The summed E-state index contributed by atoms with van der Waals surface area (Å²) in [4.78, 5) is 4.94. The van der Waals surface area contributed by atoms with Crippen molar-refractivity contribution in [1.29, 1.82) is 0 Å². The number of methoxy groups -OCH3 is 2. The standard InChI is InChI=1S/2C18H21NO3.2H2O4S/c2*1-19-8-7-18-11-4-5-13(20)17(18)22-16-14(21-2)6-3-10(15(16)18)9-12(11)19;2*1-5(2,3)4/h2*3-6,11-13,17,20H,7-9H2,1-2H3;2*(H2,1,2,3,4)/t2*11-,12+,13-,17-,18-;;/m00../s1. The van der Waals surface area contributed by atoms with Crippen molar-refractivity contribution in [2.75, 3.05) is 41.4 Å². The minimum Gasteiger partial charge on any atom is -0.493 e. The Morgan fingerprint density at radius 2 is 1.00 bits per heavy atom. The van der Waals surface area contributed by atoms with Gasteiger partial charge in [-0.3, -0.25) is 18.2 Å². The molecule has 4 aliphatic carbocycles. The van der Waals surface area contributed by atoms with Gasteiger partial charge in [0.25, 0.3) is 0 Å². The first kappa shape index (κ1) is 39.0. The lowest BCUT2D eigenvalue weighted by atomic mass is 9.53. The fourth-order valence-electron chi connectivity index (χ4n) is 10.8. The summed E-state index contributed by atoms with van der Waals surface area (Å²) in [5.41, 5.74) is 5.21. The van der Waals surface area contributed by atoms with Crippen LogP contribution in [0.5, 0.6) is 23.0 Å². The van der Waals surface area contributed by atoms with Crippen LogP contribution in [0, 0.1) is 11.8 Å². The highest BCUT2D eigenvalue weighted by molar-refractivity contribution is 7.80. The Kier molecular flexibility index (Phi) is 9.89. The minimum atomic E-state index is -4.67. The second-order valence-corrected chi connectivity index (χ2v) is 16.9. The number of nitrogens with zero attached hydrogens (tertiary/aromatic N) is 2. The van der Waals surface area contributed by atoms with Gasteiger partial charge >= 0.3 is 20.8 Å². The van der Waals surface area contributed by atoms with E-state index in [0.29, 0.717) is 23.9 Å². The molecule has 2 saturated heterocycles. The Morgan fingerprint density at radius 3 is 1.33 bits per heavy atom. The van der Waals surface area contributed by atoms with E-state index in [-0.39, 0.29) is 23.0 Å². The van der Waals surface area contributed by atoms with E-state index in [1.54, 1.807) is 14.2 Å². The van der Waals surface area contributed by atoms with Crippen LogP contribution in [0.1, 0.15) is 35.1 Å². The fourth-order valence-corrected chi connectivity index (χ4v) is 10.8. The largest absolute Gasteiger partial charge is 0.493 e. The number of aliphatic hydroxyl groups is 2. The highest BCUT2D eigenvalue weighted by atomic mass is 32.3. The Bertz CT molecular complexity index is 1930. The molecular formula is C36H46N2O14S2. The molecule has 2 aromatic carbocycles. The van der Waals surface area contributed by atoms with Crippen LogP contribution >= 0.6 is 0 Å². The summed E-state index contributed by atoms with van der Waals surface area (Å²) < 4.78 is 86.8. The zero-order valence-electron chi connectivity index (χ0n) is 30.1. The van der Waals surface area contributed by atoms with E-state index in [4.69, 9.17) is 54.0 Å². The number of likely N-dealkylation sites (N-methyl/N-ethyl adjacent to an activating group) is 2. The van der Waals surface area contributed by atoms with Crippen LogP contribution in [-0.2, 0) is 44.5 Å². The molecule has 10 rings (SSSR count). The molecular weight excluding hydrogens is 749 g/mol. The van der Waals surface area contributed by atoms with Gasteiger partial charge in [0.15, 0.2) is 23.0 Å². The minimum absolute atomic E-state index is 0.0806. The molecule has 2 spiro atoms. The van der Waals surface area contributed by atoms with Gasteiger partial charge in [-0.1, -0.05) is 36.4 Å². The van der Waals surface area contributed by atoms with Gasteiger partial charge in [-0.2, -0.15) is 16.8 Å². The molecule has 4 bridgehead atoms. The van der Waals surface area contributed by atoms with Crippen molar-refractivity contribution in [3.8, 4) is 23.0 Å². The molecule has 16 nitrogen and oxygen atoms in total. The summed E-state index contributed by atoms with van der Waals surface area (Å²) in [5.74, 6) is 4.18. The number of ether oxygens (including phenoxy) is 4. The average Bonchev–Trinajstić information content (AvgIpc) is 3.63. The molecule has 2 aromatic rings. The lowest BCUT2D eigenvalue weighted by molar-refractivity contribution is -0.0453. The molecule has 296 valence electrons. The molecule has 0 saturated carbocycles. The van der Waals surface area contributed by atoms with Crippen molar-refractivity contribution < 1.29 is 64.2 Å². The quantitative estimate of drug-likeness (QED) is 0.188. The van der Waals surface area contributed by atoms with Crippen molar-refractivity contribution in [3.05, 3.63) is 70.8 Å². The Balaban J connectivity index is 0.000000134. The average molecular weight is 795 g/mol. The summed E-state index contributed by atoms with van der Waals surface area (Å²) in [7, 11) is -1.52. The molecule has 6 N–H and O–H groups in total. The number of likely N-dealkylation sites (tertiary alicyclic amines) is 2. The maximum atomic E-state index is 10.6. The second-order valence-electron chi connectivity index (χ2n) is 15.1. The molecule has 4 aliphatic heterocycles. The van der Waals surface area contributed by atoms with E-state index in [2.05, 4.69) is 48.2 Å². The lowest BCUT2D eigenvalue weighted by Gasteiger charge is -2.56. The van der Waals surface area contributed by atoms with Crippen molar-refractivity contribution in [3.63, 3.8) is 0 Å². The van der Waals surface area contributed by atoms with Crippen LogP contribution in [0.3, 0.4) is 0 Å². The van der Waals surface area contributed by atoms with E-state index < -0.39 is 33.0 Å². The van der Waals surface area contributed by atoms with Crippen LogP contribution < -0.4 is 18.9 Å². The van der Waals surface area contributed by atoms with Crippen LogP contribution in [0.25, 0.3) is 0 Å². The third-order valence-electron chi connectivity index (χ3n) is 12.7. The third-order valence-corrected chi connectivity index (χ3v) is 12.7. The molecule has 0 aromatic heterocycles. The normalized spacial score (nSPS) is 35.6. The Morgan fingerprint density at radius 1 is 0.648 bits per heavy atom. The summed E-state index contributed by atoms with van der Waals surface area (Å²) in [6, 6.07) is 9.40. The zero-order chi connectivity index (χ0) is 39.1. The molecule has 10 atom stereocenters. The first-order valence-electron chi connectivity index (χ1n) is 17.6. The van der Waals surface area contributed by atoms with E-state index in [9.17, 15) is 10.2 Å². The SMILES string of the molecule is COc1ccc2c3c1O[C@H]1[C@@H](O)C=C[C@H]4[C@@H](C2)N(C)CC[C@@]341.COc1ccc2c3c1O[C@H]1[C@@H](O)C=C[C@H]4[C@@H](C2)N(C)CC[C@@]341.O=S(=O)(O)O.O=S(=O)(O)O. The number of benzene rings is 2. The maximum absolute atomic E-state index is 10.6. The maximum Gasteiger partial charge on any atom is 0.394 e. The predicted molar refractivity (Wildman–Crippen MR) is 193 cm³/mol. The number of rotatable bonds is 2. The summed E-state index contributed by atoms with van der Waals surface area (Å²) in [6.07, 6.45) is 11.1. The summed E-state index contributed by atoms with van der Waals surface area (Å²) >= 11 is 0. The molecule has 8 aliphatic rings. The van der Waals surface area contributed by atoms with Gasteiger partial charge in [0.05, 0.1) is 14.2 Å². The van der Waals surface area contributed by atoms with Crippen LogP contribution in [-0.4, -0.2) is 133 Å². The first-order valence-corrected chi connectivity index (χ1v) is 20.4. The van der Waals surface area contributed by atoms with Gasteiger partial charge in [-0.05, 0) is 76.1 Å². The third kappa shape index (κ3) is 6.29. The highest BCUT2D eigenvalue weighted by Gasteiger charge is 2.65. The van der Waals surface area contributed by atoms with Crippen molar-refractivity contribution in [2.24, 2.45) is 11.8 Å². The monoisotopic (exact) mass is 794 g/mol. The van der Waals surface area contributed by atoms with E-state index in [1.165, 1.54) is 22.3 Å². The van der Waals surface area contributed by atoms with Crippen LogP contribution in [0.15, 0.2) is 48.6 Å². The smallest absolute Gasteiger partial charge is 0.394 e. The first-order chi connectivity index (χ1) is 25.3. The molecule has 2 fully saturated rings. The predicted octanol–water partition coefficient (Wildman–Crippen LogP) is 1.70. The van der Waals surface area contributed by atoms with Gasteiger partial charge in [-0.25, -0.2) is 0 Å². The van der Waals surface area contributed by atoms with Gasteiger partial charge in [0.2, 0.25) is 0 Å². The van der Waals surface area contributed by atoms with Crippen molar-refractivity contribution >= 4 is 20.8 Å². The zero-order valence-corrected chi connectivity index (χ0v) is 31.8. The van der Waals surface area contributed by atoms with Gasteiger partial charge < -0.3 is 39.0 Å². The number of aliphatic hydroxyl groups excluding tert-OH is 2. The second kappa shape index (κ2) is 13.7. The van der Waals surface area contributed by atoms with Gasteiger partial charge in [0.1, 0.15) is 24.4 Å². The van der Waals surface area contributed by atoms with Gasteiger partial charge in [-0.15, -0.1) is 0 Å². The summed E-state index contributed by atoms with van der Waals surface area (Å²) in [5, 5.41) is 21.1. The molecule has 0 radical (unpaired) electrons. The molecule has 4 heterocycles. The molecule has 18 heteroatoms. The van der Waals surface area contributed by atoms with Crippen molar-refractivity contribution in [2.45, 2.75) is 73.0 Å². The van der Waals surface area contributed by atoms with Crippen LogP contribution in [0.4, 0.5) is 0 Å². The van der Waals surface area contributed by atoms with Gasteiger partial charge in [0, 0.05) is 45.9 Å². The Hall–Kier alpha value is -3.30. The highest BCUT2D eigenvalue weighted by Crippen LogP contribution is 2.64. The molecule has 0 unspecified atom stereocenters. The number of hydrogen-bond donors (Lipinski definition) is 6. The van der Waals surface area contributed by atoms with E-state index in [0.717, 1.165) is 61.8 Å². The Labute approximate surface area is 314 Å². The fraction of sp³-hybridized carbons (Fsp3) is 0.556. The lowest BCUT2D eigenvalue weighted by Crippen LogP contribution is -2.64. The molecule has 54 heavy (non-hydrogen) atoms. The number of piperidine rings is 2. The van der Waals surface area contributed by atoms with Crippen molar-refractivity contribution in [1.82, 2.24) is 9.80 Å². The van der Waals surface area contributed by atoms with E-state index in [1.807, 2.05) is 24.3 Å². The summed E-state index contributed by atoms with van der Waals surface area (Å²) in [6.45, 7) is 2.11. The molecule has 0 amide bonds. The number of hydrogen-bond acceptors (Lipinski definition) is 12. The topological polar surface area (TPSA) is 233 Å². The van der Waals surface area contributed by atoms with Crippen LogP contribution in [0.2, 0.25) is 0 Å². The van der Waals surface area contributed by atoms with E-state index >= 15 is 0 Å².